The third-order valence-corrected chi connectivity index (χ3v) is 3.19. The number of ether oxygens (including phenoxy) is 2. The predicted molar refractivity (Wildman–Crippen MR) is 67.2 cm³/mol. The Morgan fingerprint density at radius 1 is 0.944 bits per heavy atom. The van der Waals surface area contributed by atoms with Gasteiger partial charge in [0.2, 0.25) is 0 Å². The number of aliphatic hydroxyl groups excluding tert-OH is 3. The molecule has 18 heavy (non-hydrogen) atoms. The van der Waals surface area contributed by atoms with Crippen LogP contribution in [0.1, 0.15) is 34.1 Å². The van der Waals surface area contributed by atoms with Crippen LogP contribution >= 0.6 is 0 Å². The number of hydrogen-bond donors (Lipinski definition) is 3. The lowest BCUT2D eigenvalue weighted by Crippen LogP contribution is -2.55. The summed E-state index contributed by atoms with van der Waals surface area (Å²) >= 11 is 0. The highest BCUT2D eigenvalue weighted by atomic mass is 16.5. The molecule has 0 aromatic heterocycles. The fourth-order valence-electron chi connectivity index (χ4n) is 2.25. The lowest BCUT2D eigenvalue weighted by Gasteiger charge is -2.41. The van der Waals surface area contributed by atoms with Crippen LogP contribution in [0.3, 0.4) is 0 Å². The second kappa shape index (κ2) is 6.82. The SMILES string of the molecule is CC(C)OC[C@H]1CC(OC(C)C)[C@H](O)[C@@H](O)[C@@H]1O. The first-order chi connectivity index (χ1) is 8.32. The molecule has 5 atom stereocenters. The second-order valence-corrected chi connectivity index (χ2v) is 5.57. The van der Waals surface area contributed by atoms with Crippen molar-refractivity contribution in [2.75, 3.05) is 6.61 Å². The van der Waals surface area contributed by atoms with Gasteiger partial charge in [0.15, 0.2) is 0 Å². The fraction of sp³-hybridized carbons (Fsp3) is 1.00. The van der Waals surface area contributed by atoms with Crippen LogP contribution in [0.25, 0.3) is 0 Å². The lowest BCUT2D eigenvalue weighted by molar-refractivity contribution is -0.190. The van der Waals surface area contributed by atoms with Crippen LogP contribution < -0.4 is 0 Å². The highest BCUT2D eigenvalue weighted by Gasteiger charge is 2.43. The molecular weight excluding hydrogens is 236 g/mol. The van der Waals surface area contributed by atoms with E-state index >= 15 is 0 Å². The first-order valence-corrected chi connectivity index (χ1v) is 6.64. The van der Waals surface area contributed by atoms with Crippen molar-refractivity contribution in [3.8, 4) is 0 Å². The van der Waals surface area contributed by atoms with Crippen molar-refractivity contribution >= 4 is 0 Å². The Bertz CT molecular complexity index is 242. The molecule has 3 N–H and O–H groups in total. The Morgan fingerprint density at radius 3 is 2.06 bits per heavy atom. The van der Waals surface area contributed by atoms with Gasteiger partial charge in [-0.2, -0.15) is 0 Å². The van der Waals surface area contributed by atoms with E-state index in [1.807, 2.05) is 27.7 Å². The molecule has 5 heteroatoms. The van der Waals surface area contributed by atoms with Gasteiger partial charge >= 0.3 is 0 Å². The van der Waals surface area contributed by atoms with E-state index in [9.17, 15) is 15.3 Å². The molecule has 0 radical (unpaired) electrons. The van der Waals surface area contributed by atoms with E-state index < -0.39 is 24.4 Å². The molecule has 0 bridgehead atoms. The van der Waals surface area contributed by atoms with E-state index in [1.165, 1.54) is 0 Å². The van der Waals surface area contributed by atoms with Crippen molar-refractivity contribution in [2.24, 2.45) is 5.92 Å². The van der Waals surface area contributed by atoms with Gasteiger partial charge in [0.1, 0.15) is 12.2 Å². The van der Waals surface area contributed by atoms with Gasteiger partial charge in [-0.25, -0.2) is 0 Å². The zero-order valence-corrected chi connectivity index (χ0v) is 11.6. The number of hydrogen-bond acceptors (Lipinski definition) is 5. The van der Waals surface area contributed by atoms with Crippen LogP contribution in [-0.2, 0) is 9.47 Å². The maximum atomic E-state index is 9.93. The summed E-state index contributed by atoms with van der Waals surface area (Å²) in [6.07, 6.45) is -3.11. The highest BCUT2D eigenvalue weighted by molar-refractivity contribution is 4.93. The van der Waals surface area contributed by atoms with Gasteiger partial charge in [-0.05, 0) is 34.1 Å². The number of rotatable bonds is 5. The zero-order chi connectivity index (χ0) is 13.9. The van der Waals surface area contributed by atoms with Gasteiger partial charge in [0.25, 0.3) is 0 Å². The molecule has 0 aromatic rings. The molecule has 0 heterocycles. The van der Waals surface area contributed by atoms with Gasteiger partial charge in [-0.15, -0.1) is 0 Å². The van der Waals surface area contributed by atoms with Crippen LogP contribution in [-0.4, -0.2) is 58.6 Å². The summed E-state index contributed by atoms with van der Waals surface area (Å²) in [7, 11) is 0. The maximum Gasteiger partial charge on any atom is 0.109 e. The third kappa shape index (κ3) is 4.17. The third-order valence-electron chi connectivity index (χ3n) is 3.19. The average Bonchev–Trinajstić information content (AvgIpc) is 2.27. The smallest absolute Gasteiger partial charge is 0.109 e. The van der Waals surface area contributed by atoms with E-state index in [4.69, 9.17) is 9.47 Å². The summed E-state index contributed by atoms with van der Waals surface area (Å²) in [6, 6.07) is 0. The quantitative estimate of drug-likeness (QED) is 0.664. The van der Waals surface area contributed by atoms with E-state index in [0.29, 0.717) is 13.0 Å². The van der Waals surface area contributed by atoms with E-state index in [2.05, 4.69) is 0 Å². The molecule has 1 saturated carbocycles. The zero-order valence-electron chi connectivity index (χ0n) is 11.6. The standard InChI is InChI=1S/C13H26O5/c1-7(2)17-6-9-5-10(18-8(3)4)12(15)13(16)11(9)14/h7-16H,5-6H2,1-4H3/t9-,10?,11-,12+,13+/m1/s1. The van der Waals surface area contributed by atoms with Crippen LogP contribution in [0.15, 0.2) is 0 Å². The molecule has 1 fully saturated rings. The first-order valence-electron chi connectivity index (χ1n) is 6.64. The maximum absolute atomic E-state index is 9.93. The van der Waals surface area contributed by atoms with E-state index in [-0.39, 0.29) is 18.1 Å². The molecule has 0 amide bonds. The minimum absolute atomic E-state index is 0.0289. The molecule has 1 aliphatic rings. The van der Waals surface area contributed by atoms with Crippen molar-refractivity contribution in [2.45, 2.75) is 70.7 Å². The molecule has 0 aromatic carbocycles. The molecule has 0 spiro atoms. The second-order valence-electron chi connectivity index (χ2n) is 5.57. The summed E-state index contributed by atoms with van der Waals surface area (Å²) in [4.78, 5) is 0. The Hall–Kier alpha value is -0.200. The Balaban J connectivity index is 2.62. The molecular formula is C13H26O5. The van der Waals surface area contributed by atoms with Gasteiger partial charge in [0, 0.05) is 5.92 Å². The van der Waals surface area contributed by atoms with Crippen LogP contribution in [0.2, 0.25) is 0 Å². The summed E-state index contributed by atoms with van der Waals surface area (Å²) in [5.41, 5.74) is 0. The van der Waals surface area contributed by atoms with Crippen molar-refractivity contribution in [1.29, 1.82) is 0 Å². The van der Waals surface area contributed by atoms with E-state index in [1.54, 1.807) is 0 Å². The Labute approximate surface area is 109 Å². The van der Waals surface area contributed by atoms with Crippen LogP contribution in [0.4, 0.5) is 0 Å². The van der Waals surface area contributed by atoms with Gasteiger partial charge < -0.3 is 24.8 Å². The molecule has 0 saturated heterocycles. The van der Waals surface area contributed by atoms with Crippen molar-refractivity contribution in [3.05, 3.63) is 0 Å². The molecule has 5 nitrogen and oxygen atoms in total. The molecule has 108 valence electrons. The van der Waals surface area contributed by atoms with Gasteiger partial charge in [-0.3, -0.25) is 0 Å². The van der Waals surface area contributed by atoms with E-state index in [0.717, 1.165) is 0 Å². The van der Waals surface area contributed by atoms with Gasteiger partial charge in [-0.1, -0.05) is 0 Å². The van der Waals surface area contributed by atoms with Gasteiger partial charge in [0.05, 0.1) is 31.0 Å². The number of aliphatic hydroxyl groups is 3. The van der Waals surface area contributed by atoms with Crippen molar-refractivity contribution in [3.63, 3.8) is 0 Å². The highest BCUT2D eigenvalue weighted by Crippen LogP contribution is 2.29. The minimum Gasteiger partial charge on any atom is -0.390 e. The molecule has 1 unspecified atom stereocenters. The molecule has 1 aliphatic carbocycles. The minimum atomic E-state index is -1.18. The predicted octanol–water partition coefficient (Wildman–Crippen LogP) is 0.308. The van der Waals surface area contributed by atoms with Crippen LogP contribution in [0.5, 0.6) is 0 Å². The summed E-state index contributed by atoms with van der Waals surface area (Å²) in [6.45, 7) is 7.96. The fourth-order valence-corrected chi connectivity index (χ4v) is 2.25. The normalized spacial score (nSPS) is 37.5. The topological polar surface area (TPSA) is 79.2 Å². The molecule has 0 aliphatic heterocycles. The first kappa shape index (κ1) is 15.9. The monoisotopic (exact) mass is 262 g/mol. The Kier molecular flexibility index (Phi) is 6.01. The largest absolute Gasteiger partial charge is 0.390 e. The summed E-state index contributed by atoms with van der Waals surface area (Å²) < 4.78 is 11.1. The van der Waals surface area contributed by atoms with Crippen LogP contribution in [0, 0.1) is 5.92 Å². The lowest BCUT2D eigenvalue weighted by atomic mass is 9.81. The van der Waals surface area contributed by atoms with Crippen molar-refractivity contribution < 1.29 is 24.8 Å². The summed E-state index contributed by atoms with van der Waals surface area (Å²) in [5.74, 6) is -0.213. The van der Waals surface area contributed by atoms with Crippen molar-refractivity contribution in [1.82, 2.24) is 0 Å². The Morgan fingerprint density at radius 2 is 1.56 bits per heavy atom. The molecule has 1 rings (SSSR count). The average molecular weight is 262 g/mol. The summed E-state index contributed by atoms with van der Waals surface area (Å²) in [5, 5.41) is 29.6.